The molecular weight excluding hydrogens is 374 g/mol. The zero-order chi connectivity index (χ0) is 19.1. The van der Waals surface area contributed by atoms with E-state index in [-0.39, 0.29) is 17.7 Å². The van der Waals surface area contributed by atoms with Crippen molar-refractivity contribution in [3.8, 4) is 10.8 Å². The predicted molar refractivity (Wildman–Crippen MR) is 106 cm³/mol. The van der Waals surface area contributed by atoms with Crippen LogP contribution in [0.2, 0.25) is 0 Å². The standard InChI is InChI=1S/C20H15N5O2S/c1-12(18-24-23-17-8-4-5-11-25(17)18)21-19(26)14-9-10-15(27-14)20-22-13-6-2-3-7-16(13)28-20/h2-12H,1H3,(H,21,26). The average Bonchev–Trinajstić information content (AvgIpc) is 3.44. The molecule has 1 N–H and O–H groups in total. The fraction of sp³-hybridized carbons (Fsp3) is 0.100. The van der Waals surface area contributed by atoms with Gasteiger partial charge in [0.05, 0.1) is 16.3 Å². The first-order valence-corrected chi connectivity index (χ1v) is 9.57. The van der Waals surface area contributed by atoms with E-state index >= 15 is 0 Å². The maximum atomic E-state index is 12.6. The number of carbonyl (C=O) groups is 1. The Morgan fingerprint density at radius 2 is 1.96 bits per heavy atom. The van der Waals surface area contributed by atoms with E-state index in [0.717, 1.165) is 20.9 Å². The van der Waals surface area contributed by atoms with E-state index in [1.165, 1.54) is 11.3 Å². The number of fused-ring (bicyclic) bond motifs is 2. The van der Waals surface area contributed by atoms with Crippen molar-refractivity contribution in [1.82, 2.24) is 24.9 Å². The summed E-state index contributed by atoms with van der Waals surface area (Å²) >= 11 is 1.53. The third-order valence-corrected chi connectivity index (χ3v) is 5.46. The van der Waals surface area contributed by atoms with Crippen LogP contribution in [0.5, 0.6) is 0 Å². The maximum absolute atomic E-state index is 12.6. The molecule has 0 saturated carbocycles. The van der Waals surface area contributed by atoms with E-state index in [2.05, 4.69) is 20.5 Å². The molecule has 5 rings (SSSR count). The Labute approximate surface area is 163 Å². The van der Waals surface area contributed by atoms with Crippen molar-refractivity contribution in [3.05, 3.63) is 72.4 Å². The minimum atomic E-state index is -0.332. The van der Waals surface area contributed by atoms with E-state index in [1.54, 1.807) is 12.1 Å². The number of amides is 1. The molecule has 138 valence electrons. The summed E-state index contributed by atoms with van der Waals surface area (Å²) < 4.78 is 8.68. The van der Waals surface area contributed by atoms with Gasteiger partial charge in [-0.25, -0.2) is 4.98 Å². The molecular formula is C20H15N5O2S. The van der Waals surface area contributed by atoms with Crippen molar-refractivity contribution < 1.29 is 9.21 Å². The van der Waals surface area contributed by atoms with E-state index in [4.69, 9.17) is 4.42 Å². The molecule has 8 heteroatoms. The Morgan fingerprint density at radius 1 is 1.11 bits per heavy atom. The zero-order valence-corrected chi connectivity index (χ0v) is 15.7. The molecule has 4 heterocycles. The van der Waals surface area contributed by atoms with Crippen LogP contribution in [0.1, 0.15) is 29.3 Å². The fourth-order valence-corrected chi connectivity index (χ4v) is 3.97. The summed E-state index contributed by atoms with van der Waals surface area (Å²) in [6.45, 7) is 1.86. The Kier molecular flexibility index (Phi) is 3.91. The number of benzene rings is 1. The van der Waals surface area contributed by atoms with Crippen LogP contribution in [0.4, 0.5) is 0 Å². The monoisotopic (exact) mass is 389 g/mol. The summed E-state index contributed by atoms with van der Waals surface area (Å²) in [7, 11) is 0. The van der Waals surface area contributed by atoms with E-state index in [0.29, 0.717) is 11.6 Å². The molecule has 1 amide bonds. The number of hydrogen-bond donors (Lipinski definition) is 1. The van der Waals surface area contributed by atoms with E-state index in [1.807, 2.05) is 60.0 Å². The quantitative estimate of drug-likeness (QED) is 0.500. The highest BCUT2D eigenvalue weighted by Crippen LogP contribution is 2.31. The van der Waals surface area contributed by atoms with Crippen LogP contribution in [0.25, 0.3) is 26.6 Å². The van der Waals surface area contributed by atoms with Gasteiger partial charge in [0.1, 0.15) is 0 Å². The van der Waals surface area contributed by atoms with Crippen LogP contribution < -0.4 is 5.32 Å². The minimum absolute atomic E-state index is 0.231. The number of nitrogens with one attached hydrogen (secondary N) is 1. The van der Waals surface area contributed by atoms with Gasteiger partial charge in [-0.1, -0.05) is 18.2 Å². The first kappa shape index (κ1) is 16.6. The van der Waals surface area contributed by atoms with Gasteiger partial charge in [-0.3, -0.25) is 9.20 Å². The van der Waals surface area contributed by atoms with Gasteiger partial charge in [0.15, 0.2) is 28.0 Å². The van der Waals surface area contributed by atoms with Crippen molar-refractivity contribution in [1.29, 1.82) is 0 Å². The molecule has 28 heavy (non-hydrogen) atoms. The first-order chi connectivity index (χ1) is 13.7. The average molecular weight is 389 g/mol. The maximum Gasteiger partial charge on any atom is 0.287 e. The van der Waals surface area contributed by atoms with Crippen LogP contribution in [0.3, 0.4) is 0 Å². The lowest BCUT2D eigenvalue weighted by molar-refractivity contribution is 0.0911. The number of aromatic nitrogens is 4. The number of pyridine rings is 1. The summed E-state index contributed by atoms with van der Waals surface area (Å²) in [5.41, 5.74) is 1.65. The minimum Gasteiger partial charge on any atom is -0.448 e. The van der Waals surface area contributed by atoms with Gasteiger partial charge in [-0.2, -0.15) is 0 Å². The van der Waals surface area contributed by atoms with Crippen LogP contribution >= 0.6 is 11.3 Å². The molecule has 0 aliphatic carbocycles. The van der Waals surface area contributed by atoms with Crippen LogP contribution in [-0.2, 0) is 0 Å². The molecule has 1 atom stereocenters. The molecule has 4 aromatic heterocycles. The molecule has 5 aromatic rings. The van der Waals surface area contributed by atoms with Crippen LogP contribution in [0, 0.1) is 0 Å². The summed E-state index contributed by atoms with van der Waals surface area (Å²) in [5.74, 6) is 1.15. The highest BCUT2D eigenvalue weighted by molar-refractivity contribution is 7.21. The SMILES string of the molecule is CC(NC(=O)c1ccc(-c2nc3ccccc3s2)o1)c1nnc2ccccn12. The number of furan rings is 1. The number of nitrogens with zero attached hydrogens (tertiary/aromatic N) is 4. The number of para-hydroxylation sites is 1. The summed E-state index contributed by atoms with van der Waals surface area (Å²) in [4.78, 5) is 17.2. The molecule has 0 saturated heterocycles. The van der Waals surface area contributed by atoms with Crippen molar-refractivity contribution in [3.63, 3.8) is 0 Å². The van der Waals surface area contributed by atoms with Gasteiger partial charge in [0.2, 0.25) is 0 Å². The lowest BCUT2D eigenvalue weighted by Gasteiger charge is -2.11. The molecule has 0 spiro atoms. The highest BCUT2D eigenvalue weighted by Gasteiger charge is 2.20. The third-order valence-electron chi connectivity index (χ3n) is 4.41. The summed E-state index contributed by atoms with van der Waals surface area (Å²) in [5, 5.41) is 12.0. The Bertz CT molecular complexity index is 1270. The smallest absolute Gasteiger partial charge is 0.287 e. The van der Waals surface area contributed by atoms with Crippen LogP contribution in [0.15, 0.2) is 65.2 Å². The third kappa shape index (κ3) is 2.84. The Morgan fingerprint density at radius 3 is 2.86 bits per heavy atom. The molecule has 0 radical (unpaired) electrons. The Balaban J connectivity index is 1.37. The van der Waals surface area contributed by atoms with E-state index < -0.39 is 0 Å². The predicted octanol–water partition coefficient (Wildman–Crippen LogP) is 4.09. The van der Waals surface area contributed by atoms with E-state index in [9.17, 15) is 4.79 Å². The molecule has 0 aliphatic heterocycles. The summed E-state index contributed by atoms with van der Waals surface area (Å²) in [6.07, 6.45) is 1.87. The van der Waals surface area contributed by atoms with Crippen molar-refractivity contribution in [2.45, 2.75) is 13.0 Å². The number of rotatable bonds is 4. The molecule has 0 bridgehead atoms. The Hall–Kier alpha value is -3.52. The first-order valence-electron chi connectivity index (χ1n) is 8.75. The van der Waals surface area contributed by atoms with Gasteiger partial charge in [-0.05, 0) is 43.3 Å². The van der Waals surface area contributed by atoms with Gasteiger partial charge in [-0.15, -0.1) is 21.5 Å². The fourth-order valence-electron chi connectivity index (χ4n) is 3.04. The lowest BCUT2D eigenvalue weighted by Crippen LogP contribution is -2.27. The van der Waals surface area contributed by atoms with Gasteiger partial charge < -0.3 is 9.73 Å². The molecule has 7 nitrogen and oxygen atoms in total. The second-order valence-electron chi connectivity index (χ2n) is 6.33. The highest BCUT2D eigenvalue weighted by atomic mass is 32.1. The van der Waals surface area contributed by atoms with Crippen molar-refractivity contribution in [2.75, 3.05) is 0 Å². The van der Waals surface area contributed by atoms with Gasteiger partial charge in [0, 0.05) is 6.20 Å². The largest absolute Gasteiger partial charge is 0.448 e. The molecule has 0 fully saturated rings. The number of thiazole rings is 1. The van der Waals surface area contributed by atoms with Crippen LogP contribution in [-0.4, -0.2) is 25.5 Å². The second kappa shape index (κ2) is 6.58. The topological polar surface area (TPSA) is 85.3 Å². The molecule has 1 aromatic carbocycles. The van der Waals surface area contributed by atoms with Crippen molar-refractivity contribution >= 4 is 33.1 Å². The second-order valence-corrected chi connectivity index (χ2v) is 7.36. The van der Waals surface area contributed by atoms with Gasteiger partial charge in [0.25, 0.3) is 5.91 Å². The summed E-state index contributed by atoms with van der Waals surface area (Å²) in [6, 6.07) is 16.6. The molecule has 0 aliphatic rings. The number of hydrogen-bond acceptors (Lipinski definition) is 6. The lowest BCUT2D eigenvalue weighted by atomic mass is 10.3. The number of carbonyl (C=O) groups excluding carboxylic acids is 1. The normalized spacial score (nSPS) is 12.5. The van der Waals surface area contributed by atoms with Crippen molar-refractivity contribution in [2.24, 2.45) is 0 Å². The van der Waals surface area contributed by atoms with Gasteiger partial charge >= 0.3 is 0 Å². The zero-order valence-electron chi connectivity index (χ0n) is 14.9. The molecule has 1 unspecified atom stereocenters.